The van der Waals surface area contributed by atoms with Gasteiger partial charge in [-0.05, 0) is 19.1 Å². The van der Waals surface area contributed by atoms with Crippen molar-refractivity contribution in [3.05, 3.63) is 57.1 Å². The number of benzene rings is 1. The SMILES string of the molecule is [C-]#[N+]/C(C(=O)OCC)=C(/O)c1ccc([N+](=O)[O-])cc1. The van der Waals surface area contributed by atoms with Crippen LogP contribution in [0.2, 0.25) is 0 Å². The second kappa shape index (κ2) is 6.16. The van der Waals surface area contributed by atoms with Crippen LogP contribution in [-0.2, 0) is 9.53 Å². The molecule has 0 saturated carbocycles. The number of non-ortho nitro benzene ring substituents is 1. The summed E-state index contributed by atoms with van der Waals surface area (Å²) in [5, 5.41) is 20.3. The molecule has 1 N–H and O–H groups in total. The summed E-state index contributed by atoms with van der Waals surface area (Å²) in [6.07, 6.45) is 0. The Balaban J connectivity index is 3.16. The maximum atomic E-state index is 11.4. The minimum atomic E-state index is -0.937. The molecule has 0 spiro atoms. The average Bonchev–Trinajstić information content (AvgIpc) is 2.39. The Morgan fingerprint density at radius 3 is 2.47 bits per heavy atom. The summed E-state index contributed by atoms with van der Waals surface area (Å²) in [7, 11) is 0. The van der Waals surface area contributed by atoms with Gasteiger partial charge in [0.05, 0.1) is 18.1 Å². The molecule has 0 radical (unpaired) electrons. The van der Waals surface area contributed by atoms with Crippen molar-refractivity contribution >= 4 is 17.4 Å². The van der Waals surface area contributed by atoms with Crippen LogP contribution in [0.15, 0.2) is 30.0 Å². The summed E-state index contributed by atoms with van der Waals surface area (Å²) >= 11 is 0. The molecule has 0 heterocycles. The van der Waals surface area contributed by atoms with E-state index in [9.17, 15) is 20.0 Å². The monoisotopic (exact) mass is 262 g/mol. The number of aliphatic hydroxyl groups is 1. The smallest absolute Gasteiger partial charge is 0.340 e. The van der Waals surface area contributed by atoms with Gasteiger partial charge >= 0.3 is 11.7 Å². The third kappa shape index (κ3) is 3.29. The van der Waals surface area contributed by atoms with Crippen LogP contribution >= 0.6 is 0 Å². The first-order valence-electron chi connectivity index (χ1n) is 5.23. The van der Waals surface area contributed by atoms with Crippen LogP contribution in [0.1, 0.15) is 12.5 Å². The van der Waals surface area contributed by atoms with Crippen molar-refractivity contribution in [3.8, 4) is 0 Å². The first-order chi connectivity index (χ1) is 9.01. The van der Waals surface area contributed by atoms with Crippen molar-refractivity contribution in [2.75, 3.05) is 6.61 Å². The van der Waals surface area contributed by atoms with Gasteiger partial charge in [-0.15, -0.1) is 0 Å². The van der Waals surface area contributed by atoms with Gasteiger partial charge in [0.1, 0.15) is 5.76 Å². The highest BCUT2D eigenvalue weighted by atomic mass is 16.6. The number of hydrogen-bond donors (Lipinski definition) is 1. The fraction of sp³-hybridized carbons (Fsp3) is 0.167. The number of esters is 1. The Hall–Kier alpha value is -2.88. The van der Waals surface area contributed by atoms with E-state index in [4.69, 9.17) is 6.57 Å². The second-order valence-electron chi connectivity index (χ2n) is 3.33. The standard InChI is InChI=1S/C12H10N2O5/c1-3-19-12(16)10(13-2)11(15)8-4-6-9(7-5-8)14(17)18/h4-7,15H,3H2,1H3/b11-10+. The minimum absolute atomic E-state index is 0.0748. The summed E-state index contributed by atoms with van der Waals surface area (Å²) < 4.78 is 4.62. The first kappa shape index (κ1) is 14.2. The maximum Gasteiger partial charge on any atom is 0.340 e. The molecule has 1 rings (SSSR count). The molecule has 19 heavy (non-hydrogen) atoms. The van der Waals surface area contributed by atoms with E-state index in [0.717, 1.165) is 12.1 Å². The van der Waals surface area contributed by atoms with E-state index < -0.39 is 22.3 Å². The van der Waals surface area contributed by atoms with Crippen LogP contribution in [0.25, 0.3) is 10.6 Å². The summed E-state index contributed by atoms with van der Waals surface area (Å²) in [5.41, 5.74) is -0.586. The molecule has 1 aromatic rings. The zero-order chi connectivity index (χ0) is 14.4. The van der Waals surface area contributed by atoms with Crippen molar-refractivity contribution in [2.24, 2.45) is 0 Å². The lowest BCUT2D eigenvalue weighted by Gasteiger charge is -2.04. The maximum absolute atomic E-state index is 11.4. The van der Waals surface area contributed by atoms with Gasteiger partial charge in [0.25, 0.3) is 5.69 Å². The van der Waals surface area contributed by atoms with E-state index in [0.29, 0.717) is 0 Å². The molecule has 0 aromatic heterocycles. The zero-order valence-electron chi connectivity index (χ0n) is 9.99. The topological polar surface area (TPSA) is 94.0 Å². The van der Waals surface area contributed by atoms with Gasteiger partial charge in [-0.3, -0.25) is 14.9 Å². The van der Waals surface area contributed by atoms with Crippen molar-refractivity contribution < 1.29 is 19.6 Å². The molecular formula is C12H10N2O5. The Bertz CT molecular complexity index is 569. The molecule has 0 bridgehead atoms. The highest BCUT2D eigenvalue weighted by Gasteiger charge is 2.19. The van der Waals surface area contributed by atoms with Crippen LogP contribution in [0.3, 0.4) is 0 Å². The third-order valence-corrected chi connectivity index (χ3v) is 2.16. The van der Waals surface area contributed by atoms with E-state index in [1.165, 1.54) is 12.1 Å². The molecule has 98 valence electrons. The number of carbonyl (C=O) groups is 1. The number of ether oxygens (including phenoxy) is 1. The molecule has 7 heteroatoms. The summed E-state index contributed by atoms with van der Waals surface area (Å²) in [4.78, 5) is 24.2. The largest absolute Gasteiger partial charge is 0.518 e. The fourth-order valence-corrected chi connectivity index (χ4v) is 1.27. The zero-order valence-corrected chi connectivity index (χ0v) is 9.99. The average molecular weight is 262 g/mol. The molecule has 1 aromatic carbocycles. The number of nitrogens with zero attached hydrogens (tertiary/aromatic N) is 2. The van der Waals surface area contributed by atoms with Gasteiger partial charge in [-0.1, -0.05) is 0 Å². The van der Waals surface area contributed by atoms with Gasteiger partial charge in [0, 0.05) is 17.7 Å². The fourth-order valence-electron chi connectivity index (χ4n) is 1.27. The molecule has 0 fully saturated rings. The third-order valence-electron chi connectivity index (χ3n) is 2.16. The van der Waals surface area contributed by atoms with Gasteiger partial charge in [-0.2, -0.15) is 0 Å². The van der Waals surface area contributed by atoms with Crippen LogP contribution in [0.4, 0.5) is 5.69 Å². The lowest BCUT2D eigenvalue weighted by molar-refractivity contribution is -0.384. The number of nitro benzene ring substituents is 1. The normalized spacial score (nSPS) is 11.2. The lowest BCUT2D eigenvalue weighted by Crippen LogP contribution is -2.07. The lowest BCUT2D eigenvalue weighted by atomic mass is 10.1. The molecule has 0 aliphatic carbocycles. The molecule has 0 unspecified atom stereocenters. The molecule has 0 aliphatic rings. The quantitative estimate of drug-likeness (QED) is 0.224. The number of hydrogen-bond acceptors (Lipinski definition) is 5. The Kier molecular flexibility index (Phi) is 4.60. The molecule has 0 atom stereocenters. The van der Waals surface area contributed by atoms with Gasteiger partial charge < -0.3 is 9.84 Å². The van der Waals surface area contributed by atoms with E-state index in [1.807, 2.05) is 0 Å². The molecule has 7 nitrogen and oxygen atoms in total. The number of aliphatic hydroxyl groups excluding tert-OH is 1. The minimum Gasteiger partial charge on any atom is -0.518 e. The Labute approximate surface area is 108 Å². The summed E-state index contributed by atoms with van der Waals surface area (Å²) in [6, 6.07) is 4.83. The van der Waals surface area contributed by atoms with Crippen LogP contribution < -0.4 is 0 Å². The van der Waals surface area contributed by atoms with Crippen molar-refractivity contribution in [2.45, 2.75) is 6.92 Å². The van der Waals surface area contributed by atoms with Gasteiger partial charge in [-0.25, -0.2) is 4.85 Å². The number of nitro groups is 1. The first-order valence-corrected chi connectivity index (χ1v) is 5.23. The summed E-state index contributed by atoms with van der Waals surface area (Å²) in [5.74, 6) is -1.50. The number of rotatable bonds is 4. The second-order valence-corrected chi connectivity index (χ2v) is 3.33. The predicted octanol–water partition coefficient (Wildman–Crippen LogP) is 2.30. The highest BCUT2D eigenvalue weighted by molar-refractivity contribution is 5.97. The van der Waals surface area contributed by atoms with Gasteiger partial charge in [0.2, 0.25) is 0 Å². The van der Waals surface area contributed by atoms with Crippen LogP contribution in [0, 0.1) is 16.7 Å². The summed E-state index contributed by atoms with van der Waals surface area (Å²) in [6.45, 7) is 8.50. The van der Waals surface area contributed by atoms with E-state index in [1.54, 1.807) is 6.92 Å². The molecule has 0 saturated heterocycles. The van der Waals surface area contributed by atoms with E-state index in [2.05, 4.69) is 9.58 Å². The van der Waals surface area contributed by atoms with E-state index >= 15 is 0 Å². The Morgan fingerprint density at radius 1 is 1.47 bits per heavy atom. The van der Waals surface area contributed by atoms with Crippen molar-refractivity contribution in [3.63, 3.8) is 0 Å². The molecule has 0 aliphatic heterocycles. The van der Waals surface area contributed by atoms with Crippen LogP contribution in [0.5, 0.6) is 0 Å². The highest BCUT2D eigenvalue weighted by Crippen LogP contribution is 2.21. The van der Waals surface area contributed by atoms with Crippen molar-refractivity contribution in [1.82, 2.24) is 0 Å². The van der Waals surface area contributed by atoms with Gasteiger partial charge in [0.15, 0.2) is 0 Å². The van der Waals surface area contributed by atoms with Crippen molar-refractivity contribution in [1.29, 1.82) is 0 Å². The predicted molar refractivity (Wildman–Crippen MR) is 65.9 cm³/mol. The number of carbonyl (C=O) groups excluding carboxylic acids is 1. The van der Waals surface area contributed by atoms with Crippen LogP contribution in [-0.4, -0.2) is 22.6 Å². The van der Waals surface area contributed by atoms with E-state index in [-0.39, 0.29) is 17.9 Å². The molecule has 0 amide bonds. The molecular weight excluding hydrogens is 252 g/mol. The Morgan fingerprint density at radius 2 is 2.05 bits per heavy atom.